The number of rotatable bonds is 17. The number of carbonyl (C=O) groups excluding carboxylic acids is 4. The molecule has 3 fully saturated rings. The molecule has 0 aliphatic heterocycles. The number of ether oxygens (including phenoxy) is 3. The highest BCUT2D eigenvalue weighted by Gasteiger charge is 2.61. The number of likely N-dealkylation sites (N-methyl/N-ethyl adjacent to an activating group) is 1. The second-order valence-electron chi connectivity index (χ2n) is 18.1. The Labute approximate surface area is 362 Å². The Bertz CT molecular complexity index is 2050. The topological polar surface area (TPSA) is 208 Å². The summed E-state index contributed by atoms with van der Waals surface area (Å²) in [6, 6.07) is 4.64. The second-order valence-corrected chi connectivity index (χ2v) is 19.0. The molecule has 61 heavy (non-hydrogen) atoms. The van der Waals surface area contributed by atoms with Crippen molar-refractivity contribution in [3.63, 3.8) is 0 Å². The van der Waals surface area contributed by atoms with Crippen LogP contribution in [0.15, 0.2) is 29.6 Å². The average molecular weight is 864 g/mol. The van der Waals surface area contributed by atoms with Gasteiger partial charge in [-0.2, -0.15) is 0 Å². The lowest BCUT2D eigenvalue weighted by Gasteiger charge is -2.44. The summed E-state index contributed by atoms with van der Waals surface area (Å²) in [4.78, 5) is 64.5. The first kappa shape index (κ1) is 45.9. The van der Waals surface area contributed by atoms with Gasteiger partial charge in [-0.15, -0.1) is 11.3 Å². The van der Waals surface area contributed by atoms with Crippen LogP contribution >= 0.6 is 11.3 Å². The molecule has 3 saturated carbocycles. The van der Waals surface area contributed by atoms with E-state index in [0.29, 0.717) is 45.4 Å². The number of hydrazine groups is 1. The number of aromatic nitrogens is 2. The number of hydrogen-bond acceptors (Lipinski definition) is 14. The molecule has 3 aromatic rings. The standard InChI is InChI=1S/C44H63N8O8S/c1-10-59-41(56)44(22-25(44)4)50-38(53)30-18-28(60-35-21-32(33-23-61-42(48-33)46-24(2)3)47-31-19-27(58-9)16-17-29(31)35)20-34(30)52(57)51-37(43(5,6)7)40(55)49-36(39(54)45-8)26-14-12-11-13-15-26/h16-17,19,21,23-26,28,30,34,36-37,51H,10-15,18,20,22H2,1-9H3,(H,45,54)(H,46,48)(H,49,55)(H,50,53)/q-1/t25-,28-,30-,34-,36+,37-,44-/m1/s1. The van der Waals surface area contributed by atoms with E-state index in [1.165, 1.54) is 11.3 Å². The third-order valence-corrected chi connectivity index (χ3v) is 13.0. The highest BCUT2D eigenvalue weighted by molar-refractivity contribution is 7.14. The maximum Gasteiger partial charge on any atom is 0.332 e. The molecule has 2 aromatic heterocycles. The number of nitrogens with zero attached hydrogens (tertiary/aromatic N) is 3. The van der Waals surface area contributed by atoms with Gasteiger partial charge < -0.3 is 45.9 Å². The minimum Gasteiger partial charge on any atom is -0.771 e. The Morgan fingerprint density at radius 1 is 1.03 bits per heavy atom. The lowest BCUT2D eigenvalue weighted by Crippen LogP contribution is -2.62. The molecule has 17 heteroatoms. The van der Waals surface area contributed by atoms with Gasteiger partial charge in [0.25, 0.3) is 0 Å². The second kappa shape index (κ2) is 19.2. The number of methoxy groups -OCH3 is 1. The van der Waals surface area contributed by atoms with Gasteiger partial charge in [0.2, 0.25) is 17.7 Å². The van der Waals surface area contributed by atoms with E-state index in [4.69, 9.17) is 24.2 Å². The zero-order chi connectivity index (χ0) is 44.2. The number of hydroxylamine groups is 1. The number of fused-ring (bicyclic) bond motifs is 1. The molecule has 3 amide bonds. The number of amides is 3. The molecule has 2 heterocycles. The van der Waals surface area contributed by atoms with Crippen molar-refractivity contribution in [3.05, 3.63) is 34.9 Å². The number of esters is 1. The summed E-state index contributed by atoms with van der Waals surface area (Å²) < 4.78 is 17.7. The molecule has 0 unspecified atom stereocenters. The van der Waals surface area contributed by atoms with Crippen molar-refractivity contribution >= 4 is 51.1 Å². The van der Waals surface area contributed by atoms with Gasteiger partial charge in [0, 0.05) is 48.5 Å². The Balaban J connectivity index is 1.30. The van der Waals surface area contributed by atoms with Gasteiger partial charge in [-0.25, -0.2) is 14.8 Å². The predicted molar refractivity (Wildman–Crippen MR) is 235 cm³/mol. The summed E-state index contributed by atoms with van der Waals surface area (Å²) in [6.07, 6.45) is 4.65. The van der Waals surface area contributed by atoms with Crippen LogP contribution in [0.4, 0.5) is 5.13 Å². The lowest BCUT2D eigenvalue weighted by atomic mass is 9.82. The molecular weight excluding hydrogens is 801 g/mol. The summed E-state index contributed by atoms with van der Waals surface area (Å²) in [5, 5.41) is 30.5. The monoisotopic (exact) mass is 863 g/mol. The molecule has 1 aromatic carbocycles. The first-order valence-electron chi connectivity index (χ1n) is 21.6. The van der Waals surface area contributed by atoms with E-state index < -0.39 is 58.9 Å². The van der Waals surface area contributed by atoms with Gasteiger partial charge in [0.05, 0.1) is 30.8 Å². The van der Waals surface area contributed by atoms with Crippen LogP contribution in [0.3, 0.4) is 0 Å². The van der Waals surface area contributed by atoms with Gasteiger partial charge in [-0.3, -0.25) is 19.8 Å². The molecule has 0 spiro atoms. The zero-order valence-electron chi connectivity index (χ0n) is 36.9. The number of hydrogen-bond donors (Lipinski definition) is 5. The normalized spacial score (nSPS) is 23.9. The lowest BCUT2D eigenvalue weighted by molar-refractivity contribution is -0.150. The van der Waals surface area contributed by atoms with Crippen LogP contribution in [-0.2, 0) is 23.9 Å². The van der Waals surface area contributed by atoms with Crippen molar-refractivity contribution in [1.82, 2.24) is 36.5 Å². The van der Waals surface area contributed by atoms with Gasteiger partial charge in [0.1, 0.15) is 40.9 Å². The van der Waals surface area contributed by atoms with Gasteiger partial charge in [0.15, 0.2) is 5.13 Å². The van der Waals surface area contributed by atoms with E-state index in [1.807, 2.05) is 71.2 Å². The maximum absolute atomic E-state index is 14.6. The molecule has 0 bridgehead atoms. The fourth-order valence-corrected chi connectivity index (χ4v) is 9.51. The Morgan fingerprint density at radius 2 is 1.75 bits per heavy atom. The van der Waals surface area contributed by atoms with E-state index in [9.17, 15) is 24.4 Å². The summed E-state index contributed by atoms with van der Waals surface area (Å²) >= 11 is 1.47. The van der Waals surface area contributed by atoms with Crippen molar-refractivity contribution in [3.8, 4) is 22.9 Å². The molecule has 3 aliphatic carbocycles. The van der Waals surface area contributed by atoms with Gasteiger partial charge in [-0.05, 0) is 75.8 Å². The van der Waals surface area contributed by atoms with Crippen LogP contribution in [0.2, 0.25) is 0 Å². The first-order chi connectivity index (χ1) is 29.0. The highest BCUT2D eigenvalue weighted by atomic mass is 32.1. The molecular formula is C44H63N8O8S-. The summed E-state index contributed by atoms with van der Waals surface area (Å²) in [5.74, 6) is -1.81. The molecule has 6 rings (SSSR count). The Morgan fingerprint density at radius 3 is 2.38 bits per heavy atom. The molecule has 334 valence electrons. The number of pyridine rings is 1. The minimum absolute atomic E-state index is 0.0286. The van der Waals surface area contributed by atoms with Crippen molar-refractivity contribution < 1.29 is 33.4 Å². The fraction of sp³-hybridized carbons (Fsp3) is 0.636. The maximum atomic E-state index is 14.6. The Hall–Kier alpha value is -4.58. The quantitative estimate of drug-likeness (QED) is 0.0816. The van der Waals surface area contributed by atoms with Crippen LogP contribution in [-0.4, -0.2) is 95.4 Å². The first-order valence-corrected chi connectivity index (χ1v) is 22.5. The van der Waals surface area contributed by atoms with Gasteiger partial charge >= 0.3 is 5.97 Å². The SMILES string of the molecule is CCOC(=O)[C@@]1(NC(=O)[C@@H]2C[C@@H](Oc3cc(-c4csc(NC(C)C)n4)nc4cc(OC)ccc34)C[C@H]2N([O-])N[C@H](C(=O)N[C@H](C(=O)NC)C2CCCCC2)C(C)(C)C)C[C@H]1C. The third kappa shape index (κ3) is 10.6. The zero-order valence-corrected chi connectivity index (χ0v) is 37.7. The van der Waals surface area contributed by atoms with E-state index in [0.717, 1.165) is 37.2 Å². The van der Waals surface area contributed by atoms with Crippen LogP contribution in [0.25, 0.3) is 22.3 Å². The smallest absolute Gasteiger partial charge is 0.332 e. The predicted octanol–water partition coefficient (Wildman–Crippen LogP) is 5.70. The van der Waals surface area contributed by atoms with E-state index >= 15 is 0 Å². The van der Waals surface area contributed by atoms with Crippen LogP contribution in [0, 0.1) is 28.4 Å². The molecule has 0 radical (unpaired) electrons. The van der Waals surface area contributed by atoms with Crippen LogP contribution in [0.5, 0.6) is 11.5 Å². The minimum atomic E-state index is -1.19. The third-order valence-electron chi connectivity index (χ3n) is 12.2. The van der Waals surface area contributed by atoms with E-state index in [2.05, 4.69) is 26.7 Å². The molecule has 7 atom stereocenters. The Kier molecular flexibility index (Phi) is 14.5. The number of nitrogens with one attached hydrogen (secondary N) is 5. The van der Waals surface area contributed by atoms with Gasteiger partial charge in [-0.1, -0.05) is 47.0 Å². The summed E-state index contributed by atoms with van der Waals surface area (Å²) in [7, 11) is 3.13. The summed E-state index contributed by atoms with van der Waals surface area (Å²) in [5.41, 5.74) is 2.77. The van der Waals surface area contributed by atoms with Crippen LogP contribution in [0.1, 0.15) is 99.8 Å². The number of benzene rings is 1. The molecule has 0 saturated heterocycles. The highest BCUT2D eigenvalue weighted by Crippen LogP contribution is 2.45. The van der Waals surface area contributed by atoms with Crippen molar-refractivity contribution in [2.24, 2.45) is 23.2 Å². The number of thiazole rings is 1. The largest absolute Gasteiger partial charge is 0.771 e. The molecule has 3 aliphatic rings. The number of carbonyl (C=O) groups is 4. The van der Waals surface area contributed by atoms with Crippen molar-refractivity contribution in [2.75, 3.05) is 26.1 Å². The van der Waals surface area contributed by atoms with E-state index in [-0.39, 0.29) is 43.2 Å². The fourth-order valence-electron chi connectivity index (χ4n) is 8.66. The van der Waals surface area contributed by atoms with Crippen molar-refractivity contribution in [1.29, 1.82) is 0 Å². The van der Waals surface area contributed by atoms with E-state index in [1.54, 1.807) is 21.1 Å². The van der Waals surface area contributed by atoms with Crippen molar-refractivity contribution in [2.45, 2.75) is 136 Å². The number of anilines is 1. The molecule has 16 nitrogen and oxygen atoms in total. The summed E-state index contributed by atoms with van der Waals surface area (Å²) in [6.45, 7) is 13.3. The average Bonchev–Trinajstić information content (AvgIpc) is 3.50. The van der Waals surface area contributed by atoms with Crippen LogP contribution < -0.4 is 36.2 Å². The molecule has 5 N–H and O–H groups in total.